The molecular formula is C16H23BrN2O3. The summed E-state index contributed by atoms with van der Waals surface area (Å²) in [6.45, 7) is 3.27. The van der Waals surface area contributed by atoms with Gasteiger partial charge in [0, 0.05) is 26.7 Å². The molecule has 0 aromatic heterocycles. The zero-order valence-corrected chi connectivity index (χ0v) is 14.9. The molecule has 1 aromatic rings. The van der Waals surface area contributed by atoms with Gasteiger partial charge < -0.3 is 19.7 Å². The zero-order valence-electron chi connectivity index (χ0n) is 13.3. The van der Waals surface area contributed by atoms with Crippen LogP contribution < -0.4 is 14.8 Å². The van der Waals surface area contributed by atoms with Crippen LogP contribution in [0.15, 0.2) is 16.6 Å². The molecule has 5 nitrogen and oxygen atoms in total. The number of ether oxygens (including phenoxy) is 2. The first-order chi connectivity index (χ1) is 10.5. The second-order valence-corrected chi connectivity index (χ2v) is 6.42. The normalized spacial score (nSPS) is 13.8. The summed E-state index contributed by atoms with van der Waals surface area (Å²) in [5, 5.41) is 3.48. The van der Waals surface area contributed by atoms with Crippen LogP contribution in [0.4, 0.5) is 0 Å². The van der Waals surface area contributed by atoms with E-state index in [0.717, 1.165) is 16.6 Å². The maximum atomic E-state index is 11.7. The van der Waals surface area contributed by atoms with E-state index in [0.29, 0.717) is 24.1 Å². The second kappa shape index (κ2) is 7.83. The van der Waals surface area contributed by atoms with Gasteiger partial charge in [-0.3, -0.25) is 4.79 Å². The van der Waals surface area contributed by atoms with Crippen LogP contribution in [-0.4, -0.2) is 44.2 Å². The fraction of sp³-hybridized carbons (Fsp3) is 0.562. The van der Waals surface area contributed by atoms with Crippen LogP contribution in [0.5, 0.6) is 11.5 Å². The minimum atomic E-state index is -0.0891. The predicted octanol–water partition coefficient (Wildman–Crippen LogP) is 2.57. The Bertz CT molecular complexity index is 530. The Kier molecular flexibility index (Phi) is 6.08. The van der Waals surface area contributed by atoms with E-state index < -0.39 is 0 Å². The topological polar surface area (TPSA) is 50.8 Å². The van der Waals surface area contributed by atoms with E-state index in [1.54, 1.807) is 14.1 Å². The van der Waals surface area contributed by atoms with Crippen molar-refractivity contribution in [2.45, 2.75) is 32.4 Å². The number of hydrogen-bond acceptors (Lipinski definition) is 4. The number of hydrogen-bond donors (Lipinski definition) is 1. The number of rotatable bonds is 8. The molecule has 1 N–H and O–H groups in total. The summed E-state index contributed by atoms with van der Waals surface area (Å²) in [4.78, 5) is 13.2. The lowest BCUT2D eigenvalue weighted by Crippen LogP contribution is -2.27. The molecule has 2 rings (SSSR count). The summed E-state index contributed by atoms with van der Waals surface area (Å²) in [6.07, 6.45) is 2.51. The fourth-order valence-corrected chi connectivity index (χ4v) is 2.54. The molecule has 6 heteroatoms. The molecular weight excluding hydrogens is 348 g/mol. The molecule has 1 amide bonds. The van der Waals surface area contributed by atoms with Crippen molar-refractivity contribution >= 4 is 21.8 Å². The third-order valence-corrected chi connectivity index (χ3v) is 3.97. The second-order valence-electron chi connectivity index (χ2n) is 5.57. The molecule has 0 aliphatic heterocycles. The Morgan fingerprint density at radius 2 is 2.09 bits per heavy atom. The average molecular weight is 371 g/mol. The number of carbonyl (C=O) groups excluding carboxylic acids is 1. The van der Waals surface area contributed by atoms with Crippen molar-refractivity contribution < 1.29 is 14.3 Å². The van der Waals surface area contributed by atoms with Gasteiger partial charge in [-0.25, -0.2) is 0 Å². The summed E-state index contributed by atoms with van der Waals surface area (Å²) in [5.41, 5.74) is 1.13. The van der Waals surface area contributed by atoms with E-state index in [9.17, 15) is 4.79 Å². The number of likely N-dealkylation sites (N-methyl/N-ethyl adjacent to an activating group) is 1. The minimum absolute atomic E-state index is 0.00859. The van der Waals surface area contributed by atoms with E-state index in [-0.39, 0.29) is 12.5 Å². The van der Waals surface area contributed by atoms with E-state index in [2.05, 4.69) is 21.2 Å². The Morgan fingerprint density at radius 3 is 2.68 bits per heavy atom. The minimum Gasteiger partial charge on any atom is -0.490 e. The van der Waals surface area contributed by atoms with Gasteiger partial charge in [-0.2, -0.15) is 0 Å². The molecule has 1 saturated carbocycles. The predicted molar refractivity (Wildman–Crippen MR) is 89.4 cm³/mol. The van der Waals surface area contributed by atoms with E-state index in [4.69, 9.17) is 9.47 Å². The molecule has 0 spiro atoms. The first kappa shape index (κ1) is 17.1. The number of nitrogens with one attached hydrogen (secondary N) is 1. The number of benzene rings is 1. The number of nitrogens with zero attached hydrogens (tertiary/aromatic N) is 1. The van der Waals surface area contributed by atoms with Crippen molar-refractivity contribution in [2.75, 3.05) is 27.3 Å². The van der Waals surface area contributed by atoms with Crippen LogP contribution in [0.3, 0.4) is 0 Å². The van der Waals surface area contributed by atoms with Gasteiger partial charge in [0.1, 0.15) is 0 Å². The van der Waals surface area contributed by atoms with Crippen LogP contribution >= 0.6 is 15.9 Å². The van der Waals surface area contributed by atoms with Gasteiger partial charge in [-0.1, -0.05) is 0 Å². The Hall–Kier alpha value is -1.27. The smallest absolute Gasteiger partial charge is 0.259 e. The van der Waals surface area contributed by atoms with Crippen molar-refractivity contribution in [3.05, 3.63) is 22.2 Å². The van der Waals surface area contributed by atoms with Crippen molar-refractivity contribution in [1.29, 1.82) is 0 Å². The lowest BCUT2D eigenvalue weighted by atomic mass is 10.2. The molecule has 1 aliphatic rings. The summed E-state index contributed by atoms with van der Waals surface area (Å²) in [5.74, 6) is 1.15. The van der Waals surface area contributed by atoms with Gasteiger partial charge in [0.2, 0.25) is 0 Å². The lowest BCUT2D eigenvalue weighted by Gasteiger charge is -2.17. The highest BCUT2D eigenvalue weighted by Gasteiger charge is 2.21. The highest BCUT2D eigenvalue weighted by molar-refractivity contribution is 9.10. The summed E-state index contributed by atoms with van der Waals surface area (Å²) >= 11 is 3.52. The third kappa shape index (κ3) is 4.88. The lowest BCUT2D eigenvalue weighted by molar-refractivity contribution is -0.130. The van der Waals surface area contributed by atoms with Crippen molar-refractivity contribution in [2.24, 2.45) is 0 Å². The molecule has 0 bridgehead atoms. The van der Waals surface area contributed by atoms with Gasteiger partial charge in [-0.15, -0.1) is 0 Å². The summed E-state index contributed by atoms with van der Waals surface area (Å²) < 4.78 is 12.1. The van der Waals surface area contributed by atoms with E-state index >= 15 is 0 Å². The Labute approximate surface area is 140 Å². The molecule has 0 saturated heterocycles. The standard InChI is InChI=1S/C16H23BrN2O3/c1-4-21-14-8-11(9-18-12-5-6-12)7-13(17)16(14)22-10-15(20)19(2)3/h7-8,12,18H,4-6,9-10H2,1-3H3. The first-order valence-corrected chi connectivity index (χ1v) is 8.32. The highest BCUT2D eigenvalue weighted by Crippen LogP contribution is 2.37. The van der Waals surface area contributed by atoms with Crippen LogP contribution in [0.25, 0.3) is 0 Å². The van der Waals surface area contributed by atoms with Crippen molar-refractivity contribution in [3.63, 3.8) is 0 Å². The van der Waals surface area contributed by atoms with Gasteiger partial charge in [0.25, 0.3) is 5.91 Å². The highest BCUT2D eigenvalue weighted by atomic mass is 79.9. The van der Waals surface area contributed by atoms with Gasteiger partial charge >= 0.3 is 0 Å². The fourth-order valence-electron chi connectivity index (χ4n) is 1.94. The van der Waals surface area contributed by atoms with E-state index in [1.165, 1.54) is 17.7 Å². The van der Waals surface area contributed by atoms with Crippen LogP contribution in [0, 0.1) is 0 Å². The molecule has 0 radical (unpaired) electrons. The van der Waals surface area contributed by atoms with E-state index in [1.807, 2.05) is 19.1 Å². The zero-order chi connectivity index (χ0) is 16.1. The molecule has 0 atom stereocenters. The molecule has 1 aromatic carbocycles. The largest absolute Gasteiger partial charge is 0.490 e. The summed E-state index contributed by atoms with van der Waals surface area (Å²) in [7, 11) is 3.41. The molecule has 1 fully saturated rings. The maximum absolute atomic E-state index is 11.7. The molecule has 22 heavy (non-hydrogen) atoms. The molecule has 1 aliphatic carbocycles. The molecule has 0 heterocycles. The number of amides is 1. The van der Waals surface area contributed by atoms with Gasteiger partial charge in [-0.05, 0) is 53.4 Å². The molecule has 0 unspecified atom stereocenters. The van der Waals surface area contributed by atoms with Crippen LogP contribution in [0.1, 0.15) is 25.3 Å². The van der Waals surface area contributed by atoms with Crippen LogP contribution in [0.2, 0.25) is 0 Å². The molecule has 122 valence electrons. The third-order valence-electron chi connectivity index (χ3n) is 3.38. The monoisotopic (exact) mass is 370 g/mol. The Balaban J connectivity index is 2.10. The first-order valence-electron chi connectivity index (χ1n) is 7.52. The Morgan fingerprint density at radius 1 is 1.36 bits per heavy atom. The number of halogens is 1. The van der Waals surface area contributed by atoms with Crippen molar-refractivity contribution in [3.8, 4) is 11.5 Å². The maximum Gasteiger partial charge on any atom is 0.259 e. The average Bonchev–Trinajstić information content (AvgIpc) is 3.28. The van der Waals surface area contributed by atoms with Gasteiger partial charge in [0.05, 0.1) is 11.1 Å². The summed E-state index contributed by atoms with van der Waals surface area (Å²) in [6, 6.07) is 4.63. The van der Waals surface area contributed by atoms with Crippen LogP contribution in [-0.2, 0) is 11.3 Å². The SMILES string of the molecule is CCOc1cc(CNC2CC2)cc(Br)c1OCC(=O)N(C)C. The quantitative estimate of drug-likeness (QED) is 0.763. The number of carbonyl (C=O) groups is 1. The van der Waals surface area contributed by atoms with Gasteiger partial charge in [0.15, 0.2) is 18.1 Å². The van der Waals surface area contributed by atoms with Crippen molar-refractivity contribution in [1.82, 2.24) is 10.2 Å².